The second-order valence-electron chi connectivity index (χ2n) is 16.4. The van der Waals surface area contributed by atoms with E-state index in [0.29, 0.717) is 11.3 Å². The SMILES string of the molecule is C=C1/C=C\C(C(=N)N=C(N)c2cccc(-c3ccccc3)c2)=C/Oc2ccccc21.[B]c1cccc2c1N(C)C1C2=CC=CC1n1c2cccc3c4ccccc4c4cccc1c4c32. The number of anilines is 1. The topological polar surface area (TPSA) is 79.6 Å². The monoisotopic (exact) mass is 823 g/mol. The first-order valence-electron chi connectivity index (χ1n) is 21.4. The lowest BCUT2D eigenvalue weighted by molar-refractivity contribution is 0.477. The van der Waals surface area contributed by atoms with E-state index in [2.05, 4.69) is 119 Å². The Labute approximate surface area is 373 Å². The van der Waals surface area contributed by atoms with Gasteiger partial charge >= 0.3 is 0 Å². The number of hydrogen-bond acceptors (Lipinski definition) is 3. The molecule has 3 heterocycles. The molecule has 2 unspecified atom stereocenters. The van der Waals surface area contributed by atoms with E-state index in [1.165, 1.54) is 60.7 Å². The van der Waals surface area contributed by atoms with Crippen molar-refractivity contribution in [1.82, 2.24) is 4.57 Å². The van der Waals surface area contributed by atoms with Gasteiger partial charge in [0, 0.05) is 40.2 Å². The van der Waals surface area contributed by atoms with E-state index in [1.54, 1.807) is 6.08 Å². The molecule has 3 N–H and O–H groups in total. The second kappa shape index (κ2) is 15.6. The van der Waals surface area contributed by atoms with Gasteiger partial charge in [-0.15, -0.1) is 0 Å². The first kappa shape index (κ1) is 38.7. The van der Waals surface area contributed by atoms with Crippen LogP contribution < -0.4 is 20.8 Å². The fourth-order valence-corrected chi connectivity index (χ4v) is 9.92. The van der Waals surface area contributed by atoms with Crippen LogP contribution in [0.5, 0.6) is 5.75 Å². The lowest BCUT2D eigenvalue weighted by Crippen LogP contribution is -2.37. The Morgan fingerprint density at radius 3 is 2.08 bits per heavy atom. The summed E-state index contributed by atoms with van der Waals surface area (Å²) in [7, 11) is 8.65. The zero-order valence-corrected chi connectivity index (χ0v) is 35.2. The number of allylic oxidation sites excluding steroid dienone is 4. The van der Waals surface area contributed by atoms with Crippen LogP contribution in [0.4, 0.5) is 5.69 Å². The summed E-state index contributed by atoms with van der Waals surface area (Å²) in [5, 5.41) is 16.5. The minimum Gasteiger partial charge on any atom is -0.464 e. The molecule has 0 saturated heterocycles. The van der Waals surface area contributed by atoms with Gasteiger partial charge in [-0.25, -0.2) is 4.99 Å². The molecule has 2 atom stereocenters. The Bertz CT molecular complexity index is 3430. The number of nitrogens with zero attached hydrogens (tertiary/aromatic N) is 3. The number of benzene rings is 8. The van der Waals surface area contributed by atoms with Gasteiger partial charge in [0.05, 0.1) is 28.7 Å². The maximum atomic E-state index is 8.40. The van der Waals surface area contributed by atoms with Gasteiger partial charge in [-0.05, 0) is 74.2 Å². The van der Waals surface area contributed by atoms with Gasteiger partial charge in [0.1, 0.15) is 25.7 Å². The molecular formula is C57H42BN5O. The maximum Gasteiger partial charge on any atom is 0.157 e. The van der Waals surface area contributed by atoms with Crippen molar-refractivity contribution in [2.45, 2.75) is 12.1 Å². The molecule has 2 radical (unpaired) electrons. The number of hydrogen-bond donors (Lipinski definition) is 2. The number of aromatic nitrogens is 1. The molecule has 1 aromatic heterocycles. The van der Waals surface area contributed by atoms with Crippen LogP contribution >= 0.6 is 0 Å². The number of fused-ring (bicyclic) bond motifs is 7. The highest BCUT2D eigenvalue weighted by molar-refractivity contribution is 6.37. The molecule has 12 rings (SSSR count). The number of ether oxygens (including phenoxy) is 1. The minimum atomic E-state index is 0.0149. The van der Waals surface area contributed by atoms with Gasteiger partial charge in [-0.2, -0.15) is 0 Å². The van der Waals surface area contributed by atoms with Crippen molar-refractivity contribution in [2.75, 3.05) is 11.9 Å². The molecule has 0 amide bonds. The molecule has 64 heavy (non-hydrogen) atoms. The number of likely N-dealkylation sites (N-methyl/N-ethyl adjacent to an activating group) is 1. The van der Waals surface area contributed by atoms with Crippen molar-refractivity contribution in [3.05, 3.63) is 223 Å². The average molecular weight is 824 g/mol. The molecule has 0 bridgehead atoms. The first-order chi connectivity index (χ1) is 31.4. The van der Waals surface area contributed by atoms with Gasteiger partial charge in [0.2, 0.25) is 0 Å². The van der Waals surface area contributed by atoms with Gasteiger partial charge in [-0.3, -0.25) is 5.41 Å². The predicted octanol–water partition coefficient (Wildman–Crippen LogP) is 11.9. The highest BCUT2D eigenvalue weighted by atomic mass is 16.5. The number of nitrogens with one attached hydrogen (secondary N) is 1. The Kier molecular flexibility index (Phi) is 9.47. The quantitative estimate of drug-likeness (QED) is 0.0803. The van der Waals surface area contributed by atoms with Crippen LogP contribution in [0.15, 0.2) is 212 Å². The third-order valence-electron chi connectivity index (χ3n) is 12.8. The first-order valence-corrected chi connectivity index (χ1v) is 21.4. The lowest BCUT2D eigenvalue weighted by Gasteiger charge is -2.34. The van der Waals surface area contributed by atoms with E-state index < -0.39 is 0 Å². The van der Waals surface area contributed by atoms with Crippen LogP contribution in [0.3, 0.4) is 0 Å². The molecule has 0 fully saturated rings. The van der Waals surface area contributed by atoms with Crippen LogP contribution in [0.25, 0.3) is 65.6 Å². The summed E-state index contributed by atoms with van der Waals surface area (Å²) in [6.07, 6.45) is 12.0. The number of rotatable bonds is 4. The second-order valence-corrected chi connectivity index (χ2v) is 16.4. The third-order valence-corrected chi connectivity index (χ3v) is 12.8. The summed E-state index contributed by atoms with van der Waals surface area (Å²) in [6, 6.07) is 54.5. The van der Waals surface area contributed by atoms with Crippen molar-refractivity contribution < 1.29 is 4.74 Å². The Morgan fingerprint density at radius 2 is 1.33 bits per heavy atom. The predicted molar refractivity (Wildman–Crippen MR) is 269 cm³/mol. The van der Waals surface area contributed by atoms with Crippen LogP contribution in [-0.4, -0.2) is 37.2 Å². The fraction of sp³-hybridized carbons (Fsp3) is 0.0526. The molecule has 304 valence electrons. The summed E-state index contributed by atoms with van der Waals surface area (Å²) >= 11 is 0. The molecule has 9 aromatic rings. The molecule has 7 heteroatoms. The smallest absolute Gasteiger partial charge is 0.157 e. The van der Waals surface area contributed by atoms with Crippen molar-refractivity contribution >= 4 is 85.2 Å². The number of amidine groups is 2. The zero-order valence-electron chi connectivity index (χ0n) is 35.2. The van der Waals surface area contributed by atoms with Crippen LogP contribution in [0.2, 0.25) is 0 Å². The Balaban J connectivity index is 0.000000144. The van der Waals surface area contributed by atoms with E-state index in [1.807, 2.05) is 91.0 Å². The Morgan fingerprint density at radius 1 is 0.703 bits per heavy atom. The average Bonchev–Trinajstić information content (AvgIpc) is 3.84. The number of nitrogens with two attached hydrogens (primary N) is 1. The molecule has 8 aromatic carbocycles. The summed E-state index contributed by atoms with van der Waals surface area (Å²) < 4.78 is 8.34. The van der Waals surface area contributed by atoms with E-state index in [4.69, 9.17) is 23.7 Å². The van der Waals surface area contributed by atoms with E-state index in [0.717, 1.165) is 39.0 Å². The number of para-hydroxylation sites is 2. The van der Waals surface area contributed by atoms with Gasteiger partial charge in [0.15, 0.2) is 5.84 Å². The lowest BCUT2D eigenvalue weighted by atomic mass is 9.89. The molecule has 0 saturated carbocycles. The molecular weight excluding hydrogens is 781 g/mol. The molecule has 6 nitrogen and oxygen atoms in total. The summed E-state index contributed by atoms with van der Waals surface area (Å²) in [5.41, 5.74) is 18.5. The van der Waals surface area contributed by atoms with Crippen molar-refractivity contribution in [1.29, 1.82) is 5.41 Å². The summed E-state index contributed by atoms with van der Waals surface area (Å²) in [6.45, 7) is 4.07. The van der Waals surface area contributed by atoms with E-state index in [-0.39, 0.29) is 23.8 Å². The van der Waals surface area contributed by atoms with Crippen molar-refractivity contribution in [3.63, 3.8) is 0 Å². The summed E-state index contributed by atoms with van der Waals surface area (Å²) in [5.74, 6) is 0.971. The van der Waals surface area contributed by atoms with Crippen LogP contribution in [0.1, 0.15) is 22.7 Å². The fourth-order valence-electron chi connectivity index (χ4n) is 9.92. The van der Waals surface area contributed by atoms with Crippen molar-refractivity contribution in [2.24, 2.45) is 10.7 Å². The third kappa shape index (κ3) is 6.35. The maximum absolute atomic E-state index is 8.40. The van der Waals surface area contributed by atoms with E-state index >= 15 is 0 Å². The van der Waals surface area contributed by atoms with Gasteiger partial charge in [0.25, 0.3) is 0 Å². The normalized spacial score (nSPS) is 18.0. The Hall–Kier alpha value is -8.16. The zero-order chi connectivity index (χ0) is 43.5. The molecule has 0 spiro atoms. The molecule has 3 aliphatic rings. The van der Waals surface area contributed by atoms with E-state index in [9.17, 15) is 0 Å². The van der Waals surface area contributed by atoms with Gasteiger partial charge in [-0.1, -0.05) is 170 Å². The highest BCUT2D eigenvalue weighted by Gasteiger charge is 2.40. The van der Waals surface area contributed by atoms with Crippen molar-refractivity contribution in [3.8, 4) is 16.9 Å². The minimum absolute atomic E-state index is 0.0149. The standard InChI is InChI=1S/C31H21BN2.C26H21N3O/c1-33-30-22(12-4-14-24(30)32)23-13-7-17-27(31(23)33)34-25-15-5-10-20-18-8-2-3-9-19(18)21-11-6-16-26(34)29(21)28(20)25;1-18-14-15-22(17-30-24-13-6-5-12-23(18)24)26(28)29-25(27)21-11-7-10-20(16-21)19-8-3-2-4-9-19/h2-17,27,31H,1H3;2-17H,1H2,(H3,27,28,29)/b;15-14-,22-17+. The van der Waals surface area contributed by atoms with Crippen LogP contribution in [-0.2, 0) is 0 Å². The molecule has 1 aliphatic carbocycles. The molecule has 2 aliphatic heterocycles. The summed E-state index contributed by atoms with van der Waals surface area (Å²) in [4.78, 5) is 6.69. The largest absolute Gasteiger partial charge is 0.464 e. The van der Waals surface area contributed by atoms with Gasteiger partial charge < -0.3 is 19.9 Å². The van der Waals surface area contributed by atoms with Crippen LogP contribution in [0, 0.1) is 5.41 Å². The number of aliphatic imine (C=N–C) groups is 1. The highest BCUT2D eigenvalue weighted by Crippen LogP contribution is 2.49.